The van der Waals surface area contributed by atoms with Gasteiger partial charge in [-0.1, -0.05) is 11.6 Å². The summed E-state index contributed by atoms with van der Waals surface area (Å²) in [7, 11) is 0. The Balaban J connectivity index is 1.49. The Hall–Kier alpha value is -2.25. The first kappa shape index (κ1) is 21.0. The topological polar surface area (TPSA) is 61.9 Å². The van der Waals surface area contributed by atoms with E-state index < -0.39 is 0 Å². The minimum Gasteiger partial charge on any atom is -0.491 e. The molecule has 1 N–H and O–H groups in total. The third-order valence-electron chi connectivity index (χ3n) is 5.52. The Labute approximate surface area is 185 Å². The van der Waals surface area contributed by atoms with Crippen LogP contribution in [0.25, 0.3) is 0 Å². The number of nitrogens with zero attached hydrogens (tertiary/aromatic N) is 2. The fraction of sp³-hybridized carbons (Fsp3) is 0.455. The molecule has 1 aliphatic carbocycles. The van der Waals surface area contributed by atoms with E-state index in [9.17, 15) is 9.59 Å². The highest BCUT2D eigenvalue weighted by Gasteiger charge is 2.37. The van der Waals surface area contributed by atoms with Gasteiger partial charge in [-0.25, -0.2) is 4.79 Å². The minimum absolute atomic E-state index is 0.0327. The highest BCUT2D eigenvalue weighted by molar-refractivity contribution is 7.10. The van der Waals surface area contributed by atoms with E-state index in [1.54, 1.807) is 28.4 Å². The van der Waals surface area contributed by atoms with Crippen LogP contribution in [0.2, 0.25) is 5.02 Å². The average Bonchev–Trinajstić information content (AvgIpc) is 3.47. The van der Waals surface area contributed by atoms with Gasteiger partial charge in [0.1, 0.15) is 18.9 Å². The van der Waals surface area contributed by atoms with Crippen molar-refractivity contribution in [3.05, 3.63) is 51.2 Å². The quantitative estimate of drug-likeness (QED) is 0.695. The average molecular weight is 448 g/mol. The largest absolute Gasteiger partial charge is 0.491 e. The van der Waals surface area contributed by atoms with Gasteiger partial charge in [-0.3, -0.25) is 4.79 Å². The van der Waals surface area contributed by atoms with Gasteiger partial charge in [0.25, 0.3) is 0 Å². The number of ether oxygens (including phenoxy) is 1. The number of thiophene rings is 1. The fourth-order valence-corrected chi connectivity index (χ4v) is 4.88. The molecule has 1 aromatic carbocycles. The van der Waals surface area contributed by atoms with Crippen molar-refractivity contribution in [1.29, 1.82) is 0 Å². The van der Waals surface area contributed by atoms with Crippen LogP contribution in [0.1, 0.15) is 36.2 Å². The van der Waals surface area contributed by atoms with Gasteiger partial charge in [0.15, 0.2) is 0 Å². The zero-order valence-corrected chi connectivity index (χ0v) is 18.5. The highest BCUT2D eigenvalue weighted by Crippen LogP contribution is 2.35. The third kappa shape index (κ3) is 4.73. The van der Waals surface area contributed by atoms with Gasteiger partial charge in [-0.05, 0) is 67.5 Å². The lowest BCUT2D eigenvalue weighted by molar-refractivity contribution is -0.135. The molecule has 1 aliphatic heterocycles. The van der Waals surface area contributed by atoms with E-state index >= 15 is 0 Å². The molecule has 1 atom stereocenters. The van der Waals surface area contributed by atoms with Crippen molar-refractivity contribution < 1.29 is 14.3 Å². The molecule has 2 aromatic rings. The second-order valence-corrected chi connectivity index (χ2v) is 9.05. The lowest BCUT2D eigenvalue weighted by Crippen LogP contribution is -2.50. The molecule has 0 bridgehead atoms. The van der Waals surface area contributed by atoms with Gasteiger partial charge in [0.2, 0.25) is 5.91 Å². The van der Waals surface area contributed by atoms with E-state index in [-0.39, 0.29) is 30.6 Å². The summed E-state index contributed by atoms with van der Waals surface area (Å²) in [6.45, 7) is 3.54. The molecule has 6 nitrogen and oxygen atoms in total. The maximum atomic E-state index is 13.3. The summed E-state index contributed by atoms with van der Waals surface area (Å²) in [5.41, 5.74) is 1.14. The number of halogens is 1. The Morgan fingerprint density at radius 2 is 2.03 bits per heavy atom. The van der Waals surface area contributed by atoms with Gasteiger partial charge in [0, 0.05) is 29.0 Å². The molecule has 8 heteroatoms. The van der Waals surface area contributed by atoms with E-state index in [2.05, 4.69) is 16.8 Å². The lowest BCUT2D eigenvalue weighted by Gasteiger charge is -2.37. The van der Waals surface area contributed by atoms with Crippen LogP contribution in [0.4, 0.5) is 4.79 Å². The Bertz CT molecular complexity index is 897. The van der Waals surface area contributed by atoms with Crippen LogP contribution in [-0.4, -0.2) is 54.0 Å². The molecule has 2 aliphatic rings. The van der Waals surface area contributed by atoms with Crippen LogP contribution in [-0.2, 0) is 11.2 Å². The van der Waals surface area contributed by atoms with E-state index in [1.807, 2.05) is 24.0 Å². The number of fused-ring (bicyclic) bond motifs is 1. The van der Waals surface area contributed by atoms with Crippen LogP contribution < -0.4 is 10.1 Å². The fourth-order valence-electron chi connectivity index (χ4n) is 3.82. The van der Waals surface area contributed by atoms with Crippen molar-refractivity contribution in [2.75, 3.05) is 26.2 Å². The smallest absolute Gasteiger partial charge is 0.318 e. The van der Waals surface area contributed by atoms with Crippen molar-refractivity contribution in [1.82, 2.24) is 15.1 Å². The molecule has 0 unspecified atom stereocenters. The maximum Gasteiger partial charge on any atom is 0.318 e. The molecule has 160 valence electrons. The number of nitrogens with one attached hydrogen (secondary N) is 1. The van der Waals surface area contributed by atoms with Crippen LogP contribution in [0, 0.1) is 0 Å². The highest BCUT2D eigenvalue weighted by atomic mass is 35.5. The summed E-state index contributed by atoms with van der Waals surface area (Å²) < 4.78 is 6.02. The molecule has 0 radical (unpaired) electrons. The standard InChI is InChI=1S/C22H26ClN3O3S/c1-2-24-22(28)26(16-5-6-16)13-21(27)25-11-9-20-18(10-12-30-20)19(25)14-29-17-7-3-15(23)4-8-17/h3-4,7-8,10,12,16,19H,2,5-6,9,11,13-14H2,1H3,(H,24,28)/t19-/m0/s1. The Kier molecular flexibility index (Phi) is 6.49. The predicted octanol–water partition coefficient (Wildman–Crippen LogP) is 4.10. The summed E-state index contributed by atoms with van der Waals surface area (Å²) >= 11 is 7.68. The van der Waals surface area contributed by atoms with Crippen molar-refractivity contribution in [3.63, 3.8) is 0 Å². The molecule has 1 aromatic heterocycles. The van der Waals surface area contributed by atoms with E-state index in [1.165, 1.54) is 4.88 Å². The van der Waals surface area contributed by atoms with Crippen molar-refractivity contribution in [3.8, 4) is 5.75 Å². The zero-order valence-electron chi connectivity index (χ0n) is 17.0. The van der Waals surface area contributed by atoms with Gasteiger partial charge >= 0.3 is 6.03 Å². The second kappa shape index (κ2) is 9.27. The first-order chi connectivity index (χ1) is 14.6. The van der Waals surface area contributed by atoms with Crippen LogP contribution in [0.5, 0.6) is 5.75 Å². The summed E-state index contributed by atoms with van der Waals surface area (Å²) in [4.78, 5) is 30.6. The van der Waals surface area contributed by atoms with Crippen molar-refractivity contribution >= 4 is 34.9 Å². The molecule has 1 fully saturated rings. The van der Waals surface area contributed by atoms with Gasteiger partial charge in [-0.15, -0.1) is 11.3 Å². The molecule has 4 rings (SSSR count). The van der Waals surface area contributed by atoms with E-state index in [4.69, 9.17) is 16.3 Å². The molecule has 1 saturated carbocycles. The molecule has 0 saturated heterocycles. The predicted molar refractivity (Wildman–Crippen MR) is 118 cm³/mol. The lowest BCUT2D eigenvalue weighted by atomic mass is 10.0. The molecular formula is C22H26ClN3O3S. The first-order valence-electron chi connectivity index (χ1n) is 10.4. The van der Waals surface area contributed by atoms with Crippen molar-refractivity contribution in [2.24, 2.45) is 0 Å². The number of carbonyl (C=O) groups excluding carboxylic acids is 2. The summed E-state index contributed by atoms with van der Waals surface area (Å²) in [6.07, 6.45) is 2.76. The summed E-state index contributed by atoms with van der Waals surface area (Å²) in [5, 5.41) is 5.56. The number of rotatable bonds is 7. The van der Waals surface area contributed by atoms with Gasteiger partial charge in [0.05, 0.1) is 6.04 Å². The van der Waals surface area contributed by atoms with Crippen molar-refractivity contribution in [2.45, 2.75) is 38.3 Å². The Morgan fingerprint density at radius 1 is 1.27 bits per heavy atom. The van der Waals surface area contributed by atoms with Crippen LogP contribution in [0.3, 0.4) is 0 Å². The van der Waals surface area contributed by atoms with Gasteiger partial charge < -0.3 is 19.9 Å². The van der Waals surface area contributed by atoms with E-state index in [0.717, 1.165) is 30.6 Å². The number of urea groups is 1. The maximum absolute atomic E-state index is 13.3. The molecular weight excluding hydrogens is 422 g/mol. The molecule has 30 heavy (non-hydrogen) atoms. The first-order valence-corrected chi connectivity index (χ1v) is 11.6. The second-order valence-electron chi connectivity index (χ2n) is 7.61. The minimum atomic E-state index is -0.168. The number of benzene rings is 1. The number of carbonyl (C=O) groups is 2. The number of hydrogen-bond acceptors (Lipinski definition) is 4. The van der Waals surface area contributed by atoms with E-state index in [0.29, 0.717) is 24.7 Å². The third-order valence-corrected chi connectivity index (χ3v) is 6.77. The molecule has 3 amide bonds. The van der Waals surface area contributed by atoms with Gasteiger partial charge in [-0.2, -0.15) is 0 Å². The SMILES string of the molecule is CCNC(=O)N(CC(=O)N1CCc2sccc2[C@@H]1COc1ccc(Cl)cc1)C1CC1. The van der Waals surface area contributed by atoms with Crippen LogP contribution >= 0.6 is 22.9 Å². The molecule has 0 spiro atoms. The number of amides is 3. The summed E-state index contributed by atoms with van der Waals surface area (Å²) in [6, 6.07) is 9.16. The summed E-state index contributed by atoms with van der Waals surface area (Å²) in [5.74, 6) is 0.686. The monoisotopic (exact) mass is 447 g/mol. The zero-order chi connectivity index (χ0) is 21.1. The Morgan fingerprint density at radius 3 is 2.73 bits per heavy atom. The molecule has 2 heterocycles. The number of hydrogen-bond donors (Lipinski definition) is 1. The normalized spacial score (nSPS) is 17.9. The van der Waals surface area contributed by atoms with Crippen LogP contribution in [0.15, 0.2) is 35.7 Å².